The van der Waals surface area contributed by atoms with Crippen molar-refractivity contribution in [3.8, 4) is 5.75 Å². The van der Waals surface area contributed by atoms with Crippen molar-refractivity contribution in [2.45, 2.75) is 12.5 Å². The zero-order valence-corrected chi connectivity index (χ0v) is 14.2. The number of hydrogen-bond donors (Lipinski definition) is 2. The maximum atomic E-state index is 12.4. The van der Waals surface area contributed by atoms with Crippen LogP contribution in [0.1, 0.15) is 15.9 Å². The maximum Gasteiger partial charge on any atom is 0.251 e. The Kier molecular flexibility index (Phi) is 5.05. The third-order valence-electron chi connectivity index (χ3n) is 3.87. The third-order valence-corrected chi connectivity index (χ3v) is 4.11. The molecule has 0 fully saturated rings. The zero-order valence-electron chi connectivity index (χ0n) is 13.4. The first-order valence-corrected chi connectivity index (χ1v) is 8.18. The summed E-state index contributed by atoms with van der Waals surface area (Å²) in [7, 11) is 0. The van der Waals surface area contributed by atoms with Crippen LogP contribution >= 0.6 is 11.6 Å². The Morgan fingerprint density at radius 2 is 1.96 bits per heavy atom. The first kappa shape index (κ1) is 17.0. The molecule has 0 aromatic heterocycles. The number of rotatable bonds is 4. The van der Waals surface area contributed by atoms with Crippen molar-refractivity contribution in [2.24, 2.45) is 0 Å². The molecule has 2 aromatic carbocycles. The van der Waals surface area contributed by atoms with Gasteiger partial charge in [0.2, 0.25) is 5.91 Å². The SMILES string of the molecule is C=CC(=O)Nc1ccc(C(=O)NC2COc3cc(Cl)ccc3C2)cc1. The van der Waals surface area contributed by atoms with E-state index in [-0.39, 0.29) is 17.9 Å². The van der Waals surface area contributed by atoms with Crippen molar-refractivity contribution >= 4 is 29.1 Å². The van der Waals surface area contributed by atoms with E-state index in [0.717, 1.165) is 11.3 Å². The molecule has 1 unspecified atom stereocenters. The first-order chi connectivity index (χ1) is 12.0. The quantitative estimate of drug-likeness (QED) is 0.827. The van der Waals surface area contributed by atoms with Crippen LogP contribution < -0.4 is 15.4 Å². The maximum absolute atomic E-state index is 12.4. The van der Waals surface area contributed by atoms with Crippen LogP contribution in [0.2, 0.25) is 5.02 Å². The van der Waals surface area contributed by atoms with E-state index in [0.29, 0.717) is 29.3 Å². The molecule has 2 N–H and O–H groups in total. The Balaban J connectivity index is 1.62. The predicted molar refractivity (Wildman–Crippen MR) is 97.2 cm³/mol. The molecule has 2 aromatic rings. The molecule has 0 saturated heterocycles. The van der Waals surface area contributed by atoms with Crippen LogP contribution in [0.25, 0.3) is 0 Å². The molecule has 25 heavy (non-hydrogen) atoms. The van der Waals surface area contributed by atoms with E-state index in [9.17, 15) is 9.59 Å². The number of halogens is 1. The molecule has 1 aliphatic rings. The van der Waals surface area contributed by atoms with Gasteiger partial charge in [-0.2, -0.15) is 0 Å². The summed E-state index contributed by atoms with van der Waals surface area (Å²) in [5.41, 5.74) is 2.13. The minimum absolute atomic E-state index is 0.110. The standard InChI is InChI=1S/C19H17ClN2O3/c1-2-18(23)21-15-7-4-12(5-8-15)19(24)22-16-9-13-3-6-14(20)10-17(13)25-11-16/h2-8,10,16H,1,9,11H2,(H,21,23)(H,22,24). The molecular formula is C19H17ClN2O3. The molecule has 0 bridgehead atoms. The van der Waals surface area contributed by atoms with Crippen molar-refractivity contribution in [2.75, 3.05) is 11.9 Å². The fourth-order valence-corrected chi connectivity index (χ4v) is 2.77. The van der Waals surface area contributed by atoms with Gasteiger partial charge in [-0.15, -0.1) is 0 Å². The number of carbonyl (C=O) groups is 2. The summed E-state index contributed by atoms with van der Waals surface area (Å²) in [6, 6.07) is 12.1. The molecule has 2 amide bonds. The van der Waals surface area contributed by atoms with Crippen molar-refractivity contribution < 1.29 is 14.3 Å². The van der Waals surface area contributed by atoms with Crippen LogP contribution in [0, 0.1) is 0 Å². The number of fused-ring (bicyclic) bond motifs is 1. The molecule has 128 valence electrons. The molecule has 0 spiro atoms. The summed E-state index contributed by atoms with van der Waals surface area (Å²) in [5, 5.41) is 6.23. The molecule has 0 radical (unpaired) electrons. The highest BCUT2D eigenvalue weighted by Gasteiger charge is 2.22. The number of ether oxygens (including phenoxy) is 1. The molecule has 1 heterocycles. The lowest BCUT2D eigenvalue weighted by Crippen LogP contribution is -2.42. The predicted octanol–water partition coefficient (Wildman–Crippen LogP) is 3.20. The molecule has 6 heteroatoms. The van der Waals surface area contributed by atoms with Gasteiger partial charge in [-0.1, -0.05) is 24.2 Å². The monoisotopic (exact) mass is 356 g/mol. The summed E-state index contributed by atoms with van der Waals surface area (Å²) < 4.78 is 5.67. The van der Waals surface area contributed by atoms with Crippen LogP contribution in [-0.4, -0.2) is 24.5 Å². The van der Waals surface area contributed by atoms with E-state index in [2.05, 4.69) is 17.2 Å². The average molecular weight is 357 g/mol. The van der Waals surface area contributed by atoms with Crippen molar-refractivity contribution in [3.63, 3.8) is 0 Å². The smallest absolute Gasteiger partial charge is 0.251 e. The normalized spacial score (nSPS) is 15.5. The van der Waals surface area contributed by atoms with Gasteiger partial charge in [-0.3, -0.25) is 9.59 Å². The fraction of sp³-hybridized carbons (Fsp3) is 0.158. The van der Waals surface area contributed by atoms with Gasteiger partial charge < -0.3 is 15.4 Å². The van der Waals surface area contributed by atoms with E-state index < -0.39 is 0 Å². The van der Waals surface area contributed by atoms with Gasteiger partial charge >= 0.3 is 0 Å². The van der Waals surface area contributed by atoms with E-state index in [1.54, 1.807) is 30.3 Å². The van der Waals surface area contributed by atoms with E-state index in [1.165, 1.54) is 6.08 Å². The van der Waals surface area contributed by atoms with Gasteiger partial charge in [-0.25, -0.2) is 0 Å². The number of anilines is 1. The Labute approximate surface area is 150 Å². The number of carbonyl (C=O) groups excluding carboxylic acids is 2. The van der Waals surface area contributed by atoms with Gasteiger partial charge in [0.25, 0.3) is 5.91 Å². The lowest BCUT2D eigenvalue weighted by Gasteiger charge is -2.26. The average Bonchev–Trinajstić information content (AvgIpc) is 2.62. The summed E-state index contributed by atoms with van der Waals surface area (Å²) in [5.74, 6) is 0.281. The van der Waals surface area contributed by atoms with Gasteiger partial charge in [-0.05, 0) is 54.5 Å². The van der Waals surface area contributed by atoms with Crippen LogP contribution in [0.4, 0.5) is 5.69 Å². The number of amides is 2. The number of benzene rings is 2. The number of hydrogen-bond acceptors (Lipinski definition) is 3. The van der Waals surface area contributed by atoms with Gasteiger partial charge in [0.1, 0.15) is 12.4 Å². The fourth-order valence-electron chi connectivity index (χ4n) is 2.61. The van der Waals surface area contributed by atoms with Gasteiger partial charge in [0.05, 0.1) is 6.04 Å². The largest absolute Gasteiger partial charge is 0.491 e. The second-order valence-corrected chi connectivity index (χ2v) is 6.14. The minimum atomic E-state index is -0.296. The lowest BCUT2D eigenvalue weighted by molar-refractivity contribution is -0.111. The van der Waals surface area contributed by atoms with Crippen LogP contribution in [0.15, 0.2) is 55.1 Å². The van der Waals surface area contributed by atoms with Crippen molar-refractivity contribution in [3.05, 3.63) is 71.3 Å². The summed E-state index contributed by atoms with van der Waals surface area (Å²) >= 11 is 5.95. The molecule has 0 saturated carbocycles. The Bertz CT molecular complexity index is 818. The molecule has 5 nitrogen and oxygen atoms in total. The second kappa shape index (κ2) is 7.40. The Morgan fingerprint density at radius 3 is 2.68 bits per heavy atom. The van der Waals surface area contributed by atoms with Crippen molar-refractivity contribution in [1.29, 1.82) is 0 Å². The highest BCUT2D eigenvalue weighted by molar-refractivity contribution is 6.30. The molecule has 3 rings (SSSR count). The minimum Gasteiger partial charge on any atom is -0.491 e. The summed E-state index contributed by atoms with van der Waals surface area (Å²) in [4.78, 5) is 23.6. The Morgan fingerprint density at radius 1 is 1.20 bits per heavy atom. The van der Waals surface area contributed by atoms with Gasteiger partial charge in [0.15, 0.2) is 0 Å². The molecular weight excluding hydrogens is 340 g/mol. The molecule has 1 atom stereocenters. The van der Waals surface area contributed by atoms with Crippen LogP contribution in [-0.2, 0) is 11.2 Å². The van der Waals surface area contributed by atoms with E-state index >= 15 is 0 Å². The van der Waals surface area contributed by atoms with Crippen LogP contribution in [0.3, 0.4) is 0 Å². The molecule has 0 aliphatic carbocycles. The van der Waals surface area contributed by atoms with E-state index in [4.69, 9.17) is 16.3 Å². The Hall–Kier alpha value is -2.79. The summed E-state index contributed by atoms with van der Waals surface area (Å²) in [6.07, 6.45) is 1.88. The van der Waals surface area contributed by atoms with Crippen LogP contribution in [0.5, 0.6) is 5.75 Å². The zero-order chi connectivity index (χ0) is 17.8. The summed E-state index contributed by atoms with van der Waals surface area (Å²) in [6.45, 7) is 3.79. The van der Waals surface area contributed by atoms with Gasteiger partial charge in [0, 0.05) is 16.3 Å². The highest BCUT2D eigenvalue weighted by Crippen LogP contribution is 2.28. The third kappa shape index (κ3) is 4.19. The highest BCUT2D eigenvalue weighted by atomic mass is 35.5. The van der Waals surface area contributed by atoms with Crippen molar-refractivity contribution in [1.82, 2.24) is 5.32 Å². The second-order valence-electron chi connectivity index (χ2n) is 5.71. The first-order valence-electron chi connectivity index (χ1n) is 7.81. The topological polar surface area (TPSA) is 67.4 Å². The molecule has 1 aliphatic heterocycles. The number of nitrogens with one attached hydrogen (secondary N) is 2. The van der Waals surface area contributed by atoms with E-state index in [1.807, 2.05) is 12.1 Å². The lowest BCUT2D eigenvalue weighted by atomic mass is 10.0.